The second kappa shape index (κ2) is 6.43. The fourth-order valence-corrected chi connectivity index (χ4v) is 2.59. The number of benzene rings is 1. The van der Waals surface area contributed by atoms with Crippen LogP contribution in [0.25, 0.3) is 0 Å². The van der Waals surface area contributed by atoms with E-state index in [2.05, 4.69) is 42.3 Å². The van der Waals surface area contributed by atoms with E-state index in [1.165, 1.54) is 0 Å². The molecule has 1 rings (SSSR count). The Hall–Kier alpha value is -0.750. The minimum atomic E-state index is -0.330. The van der Waals surface area contributed by atoms with Crippen LogP contribution in [0.2, 0.25) is 0 Å². The van der Waals surface area contributed by atoms with Gasteiger partial charge < -0.3 is 16.3 Å². The van der Waals surface area contributed by atoms with Crippen LogP contribution in [0.1, 0.15) is 20.3 Å². The van der Waals surface area contributed by atoms with Gasteiger partial charge in [0.1, 0.15) is 5.84 Å². The summed E-state index contributed by atoms with van der Waals surface area (Å²) in [5.41, 5.74) is 6.33. The topological polar surface area (TPSA) is 70.6 Å². The quantitative estimate of drug-likeness (QED) is 0.316. The number of nitrogens with zero attached hydrogens (tertiary/aromatic N) is 1. The number of anilines is 1. The minimum absolute atomic E-state index is 0.249. The molecular weight excluding hydrogens is 362 g/mol. The fraction of sp³-hybridized carbons (Fsp3) is 0.417. The smallest absolute Gasteiger partial charge is 0.144 e. The Balaban J connectivity index is 2.57. The van der Waals surface area contributed by atoms with Gasteiger partial charge in [-0.15, -0.1) is 0 Å². The van der Waals surface area contributed by atoms with E-state index in [9.17, 15) is 0 Å². The number of hydrogen-bond donors (Lipinski definition) is 3. The van der Waals surface area contributed by atoms with Crippen molar-refractivity contribution in [2.24, 2.45) is 16.3 Å². The van der Waals surface area contributed by atoms with Crippen molar-refractivity contribution in [2.75, 3.05) is 11.9 Å². The highest BCUT2D eigenvalue weighted by Crippen LogP contribution is 2.27. The van der Waals surface area contributed by atoms with Crippen molar-refractivity contribution in [3.8, 4) is 0 Å². The van der Waals surface area contributed by atoms with Crippen LogP contribution in [0.5, 0.6) is 0 Å². The average Bonchev–Trinajstić information content (AvgIpc) is 2.30. The molecule has 0 aromatic heterocycles. The summed E-state index contributed by atoms with van der Waals surface area (Å²) in [5.74, 6) is 0.249. The van der Waals surface area contributed by atoms with E-state index < -0.39 is 0 Å². The van der Waals surface area contributed by atoms with Crippen molar-refractivity contribution in [3.05, 3.63) is 27.1 Å². The van der Waals surface area contributed by atoms with E-state index in [0.717, 1.165) is 27.6 Å². The standard InChI is InChI=1S/C12H17Br2N3O/c1-12(2,11(15)17-18)5-6-16-10-4-3-8(13)7-9(10)14/h3-4,7,16,18H,5-6H2,1-2H3,(H2,15,17). The van der Waals surface area contributed by atoms with Crippen LogP contribution < -0.4 is 11.1 Å². The molecule has 0 aliphatic heterocycles. The molecule has 4 nitrogen and oxygen atoms in total. The summed E-state index contributed by atoms with van der Waals surface area (Å²) >= 11 is 6.90. The van der Waals surface area contributed by atoms with E-state index in [4.69, 9.17) is 10.9 Å². The van der Waals surface area contributed by atoms with Crippen molar-refractivity contribution < 1.29 is 5.21 Å². The van der Waals surface area contributed by atoms with Crippen molar-refractivity contribution in [3.63, 3.8) is 0 Å². The van der Waals surface area contributed by atoms with Crippen molar-refractivity contribution in [1.29, 1.82) is 0 Å². The molecule has 0 spiro atoms. The highest BCUT2D eigenvalue weighted by atomic mass is 79.9. The molecule has 1 aromatic carbocycles. The molecule has 4 N–H and O–H groups in total. The summed E-state index contributed by atoms with van der Waals surface area (Å²) in [7, 11) is 0. The van der Waals surface area contributed by atoms with Crippen LogP contribution in [-0.2, 0) is 0 Å². The zero-order valence-electron chi connectivity index (χ0n) is 10.4. The molecular formula is C12H17Br2N3O. The Labute approximate surface area is 124 Å². The second-order valence-electron chi connectivity index (χ2n) is 4.67. The van der Waals surface area contributed by atoms with Crippen LogP contribution in [0.3, 0.4) is 0 Å². The third-order valence-corrected chi connectivity index (χ3v) is 3.95. The van der Waals surface area contributed by atoms with E-state index in [0.29, 0.717) is 0 Å². The van der Waals surface area contributed by atoms with Crippen LogP contribution >= 0.6 is 31.9 Å². The minimum Gasteiger partial charge on any atom is -0.409 e. The molecule has 1 aromatic rings. The molecule has 0 unspecified atom stereocenters. The highest BCUT2D eigenvalue weighted by molar-refractivity contribution is 9.11. The summed E-state index contributed by atoms with van der Waals surface area (Å²) in [6.07, 6.45) is 0.769. The van der Waals surface area contributed by atoms with Crippen molar-refractivity contribution in [1.82, 2.24) is 0 Å². The van der Waals surface area contributed by atoms with Gasteiger partial charge in [-0.05, 0) is 40.5 Å². The number of amidine groups is 1. The second-order valence-corrected chi connectivity index (χ2v) is 6.44. The molecule has 100 valence electrons. The molecule has 0 radical (unpaired) electrons. The maximum absolute atomic E-state index is 8.69. The van der Waals surface area contributed by atoms with Crippen molar-refractivity contribution >= 4 is 43.4 Å². The van der Waals surface area contributed by atoms with E-state index in [1.807, 2.05) is 32.0 Å². The number of hydrogen-bond acceptors (Lipinski definition) is 3. The van der Waals surface area contributed by atoms with Gasteiger partial charge in [-0.25, -0.2) is 0 Å². The number of nitrogens with one attached hydrogen (secondary N) is 1. The maximum atomic E-state index is 8.69. The van der Waals surface area contributed by atoms with Crippen LogP contribution in [0.15, 0.2) is 32.3 Å². The number of oxime groups is 1. The lowest BCUT2D eigenvalue weighted by atomic mass is 9.88. The molecule has 0 saturated carbocycles. The summed E-state index contributed by atoms with van der Waals surface area (Å²) in [6, 6.07) is 5.95. The molecule has 0 aliphatic carbocycles. The first-order valence-electron chi connectivity index (χ1n) is 5.54. The van der Waals surface area contributed by atoms with Gasteiger partial charge in [0, 0.05) is 26.6 Å². The van der Waals surface area contributed by atoms with Gasteiger partial charge in [0.05, 0.1) is 0 Å². The van der Waals surface area contributed by atoms with E-state index in [-0.39, 0.29) is 11.3 Å². The molecule has 0 amide bonds. The highest BCUT2D eigenvalue weighted by Gasteiger charge is 2.22. The Morgan fingerprint density at radius 3 is 2.67 bits per heavy atom. The third-order valence-electron chi connectivity index (χ3n) is 2.80. The Kier molecular flexibility index (Phi) is 5.47. The lowest BCUT2D eigenvalue weighted by Crippen LogP contribution is -2.33. The molecule has 0 bridgehead atoms. The molecule has 6 heteroatoms. The van der Waals surface area contributed by atoms with Crippen LogP contribution in [0, 0.1) is 5.41 Å². The molecule has 0 heterocycles. The molecule has 0 atom stereocenters. The molecule has 18 heavy (non-hydrogen) atoms. The number of nitrogens with two attached hydrogens (primary N) is 1. The summed E-state index contributed by atoms with van der Waals surface area (Å²) < 4.78 is 2.02. The first-order valence-corrected chi connectivity index (χ1v) is 7.12. The molecule has 0 aliphatic rings. The number of rotatable bonds is 5. The fourth-order valence-electron chi connectivity index (χ4n) is 1.41. The summed E-state index contributed by atoms with van der Waals surface area (Å²) in [6.45, 7) is 4.63. The number of halogens is 2. The van der Waals surface area contributed by atoms with E-state index >= 15 is 0 Å². The van der Waals surface area contributed by atoms with Crippen LogP contribution in [-0.4, -0.2) is 17.6 Å². The first kappa shape index (κ1) is 15.3. The first-order chi connectivity index (χ1) is 8.36. The lowest BCUT2D eigenvalue weighted by molar-refractivity contribution is 0.306. The Bertz CT molecular complexity index is 447. The lowest BCUT2D eigenvalue weighted by Gasteiger charge is -2.23. The van der Waals surface area contributed by atoms with E-state index in [1.54, 1.807) is 0 Å². The monoisotopic (exact) mass is 377 g/mol. The largest absolute Gasteiger partial charge is 0.409 e. The molecule has 0 fully saturated rings. The van der Waals surface area contributed by atoms with Gasteiger partial charge in [-0.2, -0.15) is 0 Å². The normalized spacial score (nSPS) is 12.6. The predicted octanol–water partition coefficient (Wildman–Crippen LogP) is 3.79. The van der Waals surface area contributed by atoms with Crippen molar-refractivity contribution in [2.45, 2.75) is 20.3 Å². The van der Waals surface area contributed by atoms with Gasteiger partial charge >= 0.3 is 0 Å². The average molecular weight is 379 g/mol. The zero-order chi connectivity index (χ0) is 13.8. The SMILES string of the molecule is CC(C)(CCNc1ccc(Br)cc1Br)C(N)=NO. The molecule has 0 saturated heterocycles. The van der Waals surface area contributed by atoms with Gasteiger partial charge in [-0.3, -0.25) is 0 Å². The summed E-state index contributed by atoms with van der Waals surface area (Å²) in [5, 5.41) is 15.1. The van der Waals surface area contributed by atoms with Crippen LogP contribution in [0.4, 0.5) is 5.69 Å². The zero-order valence-corrected chi connectivity index (χ0v) is 13.5. The third kappa shape index (κ3) is 4.17. The van der Waals surface area contributed by atoms with Gasteiger partial charge in [0.2, 0.25) is 0 Å². The predicted molar refractivity (Wildman–Crippen MR) is 82.1 cm³/mol. The van der Waals surface area contributed by atoms with Gasteiger partial charge in [0.25, 0.3) is 0 Å². The van der Waals surface area contributed by atoms with Gasteiger partial charge in [-0.1, -0.05) is 34.9 Å². The Morgan fingerprint density at radius 2 is 2.11 bits per heavy atom. The summed E-state index contributed by atoms with van der Waals surface area (Å²) in [4.78, 5) is 0. The van der Waals surface area contributed by atoms with Gasteiger partial charge in [0.15, 0.2) is 0 Å². The maximum Gasteiger partial charge on any atom is 0.144 e. The Morgan fingerprint density at radius 1 is 1.44 bits per heavy atom.